The number of anilines is 1. The summed E-state index contributed by atoms with van der Waals surface area (Å²) in [5.41, 5.74) is 0.694. The van der Waals surface area contributed by atoms with Crippen LogP contribution in [0.1, 0.15) is 40.5 Å². The molecule has 0 saturated carbocycles. The number of likely N-dealkylation sites (tertiary alicyclic amines) is 1. The van der Waals surface area contributed by atoms with Crippen molar-refractivity contribution in [3.8, 4) is 5.75 Å². The lowest BCUT2D eigenvalue weighted by molar-refractivity contribution is -0.146. The molecule has 8 nitrogen and oxygen atoms in total. The predicted molar refractivity (Wildman–Crippen MR) is 167 cm³/mol. The molecule has 3 heterocycles. The molecular weight excluding hydrogens is 606 g/mol. The van der Waals surface area contributed by atoms with E-state index in [4.69, 9.17) is 4.74 Å². The van der Waals surface area contributed by atoms with Crippen LogP contribution in [0.2, 0.25) is 0 Å². The number of aliphatic hydroxyl groups excluding tert-OH is 1. The molecule has 0 radical (unpaired) electrons. The van der Waals surface area contributed by atoms with E-state index < -0.39 is 28.7 Å². The van der Waals surface area contributed by atoms with E-state index in [0.717, 1.165) is 0 Å². The SMILES string of the molecule is C=CCN(C(=O)[C@H]1[C@@H]2SC3(CC2Br)C(C(=O)N(CC=C)C(C)C)N([C@@H](CC)CO)C(=O)[C@H]13)c1ccc(OCC)cc1. The van der Waals surface area contributed by atoms with Crippen LogP contribution >= 0.6 is 27.7 Å². The van der Waals surface area contributed by atoms with Crippen LogP contribution < -0.4 is 9.64 Å². The Labute approximate surface area is 256 Å². The van der Waals surface area contributed by atoms with Gasteiger partial charge in [0.05, 0.1) is 35.8 Å². The molecule has 0 aromatic heterocycles. The van der Waals surface area contributed by atoms with Gasteiger partial charge >= 0.3 is 0 Å². The highest BCUT2D eigenvalue weighted by atomic mass is 79.9. The standard InChI is InChI=1S/C31H42BrN3O5S/c1-7-15-33(19(5)6)30(39)27-31-17-23(32)26(41-31)24(25(31)29(38)35(27)20(9-3)18-36)28(37)34(16-8-2)21-11-13-22(14-12-21)40-10-4/h7-8,11-14,19-20,23-27,36H,1-2,9-10,15-18H2,3-6H3/t20-,23?,24+,25-,26+,27?,31?/m0/s1. The quantitative estimate of drug-likeness (QED) is 0.254. The highest BCUT2D eigenvalue weighted by Gasteiger charge is 2.76. The van der Waals surface area contributed by atoms with Gasteiger partial charge in [-0.05, 0) is 57.9 Å². The summed E-state index contributed by atoms with van der Waals surface area (Å²) in [6.45, 7) is 16.4. The number of hydrogen-bond donors (Lipinski definition) is 1. The number of amides is 3. The number of nitrogens with zero attached hydrogens (tertiary/aromatic N) is 3. The third-order valence-electron chi connectivity index (χ3n) is 8.59. The summed E-state index contributed by atoms with van der Waals surface area (Å²) in [5.74, 6) is -1.14. The van der Waals surface area contributed by atoms with Crippen LogP contribution in [0.4, 0.5) is 5.69 Å². The third-order valence-corrected chi connectivity index (χ3v) is 11.8. The largest absolute Gasteiger partial charge is 0.494 e. The molecule has 3 aliphatic rings. The third kappa shape index (κ3) is 5.36. The summed E-state index contributed by atoms with van der Waals surface area (Å²) < 4.78 is 4.79. The van der Waals surface area contributed by atoms with Crippen molar-refractivity contribution in [2.45, 2.75) is 73.5 Å². The maximum absolute atomic E-state index is 14.5. The molecule has 224 valence electrons. The van der Waals surface area contributed by atoms with Crippen LogP contribution in [0.3, 0.4) is 0 Å². The number of rotatable bonds is 13. The normalized spacial score (nSPS) is 28.9. The van der Waals surface area contributed by atoms with E-state index >= 15 is 0 Å². The van der Waals surface area contributed by atoms with Gasteiger partial charge in [-0.1, -0.05) is 35.0 Å². The summed E-state index contributed by atoms with van der Waals surface area (Å²) >= 11 is 5.45. The Morgan fingerprint density at radius 2 is 1.85 bits per heavy atom. The second-order valence-corrected chi connectivity index (χ2v) is 13.9. The molecule has 1 aromatic carbocycles. The van der Waals surface area contributed by atoms with Gasteiger partial charge in [0.1, 0.15) is 11.8 Å². The van der Waals surface area contributed by atoms with Gasteiger partial charge in [-0.3, -0.25) is 14.4 Å². The first-order valence-corrected chi connectivity index (χ1v) is 16.2. The van der Waals surface area contributed by atoms with Crippen LogP contribution in [0.15, 0.2) is 49.6 Å². The highest BCUT2D eigenvalue weighted by Crippen LogP contribution is 2.68. The minimum Gasteiger partial charge on any atom is -0.494 e. The molecule has 3 unspecified atom stereocenters. The number of fused-ring (bicyclic) bond motifs is 1. The predicted octanol–water partition coefficient (Wildman–Crippen LogP) is 4.26. The lowest BCUT2D eigenvalue weighted by Gasteiger charge is -2.41. The molecule has 2 bridgehead atoms. The van der Waals surface area contributed by atoms with Crippen LogP contribution in [0, 0.1) is 11.8 Å². The van der Waals surface area contributed by atoms with Gasteiger partial charge in [-0.15, -0.1) is 24.9 Å². The zero-order valence-corrected chi connectivity index (χ0v) is 26.8. The van der Waals surface area contributed by atoms with E-state index in [-0.39, 0.29) is 47.0 Å². The lowest BCUT2D eigenvalue weighted by Crippen LogP contribution is -2.58. The maximum atomic E-state index is 14.5. The Morgan fingerprint density at radius 3 is 2.39 bits per heavy atom. The molecule has 0 aliphatic carbocycles. The van der Waals surface area contributed by atoms with Crippen molar-refractivity contribution in [2.75, 3.05) is 31.2 Å². The molecule has 3 saturated heterocycles. The lowest BCUT2D eigenvalue weighted by atomic mass is 9.70. The zero-order chi connectivity index (χ0) is 30.1. The summed E-state index contributed by atoms with van der Waals surface area (Å²) in [6.07, 6.45) is 4.46. The fraction of sp³-hybridized carbons (Fsp3) is 0.581. The number of halogens is 1. The summed E-state index contributed by atoms with van der Waals surface area (Å²) in [7, 11) is 0. The smallest absolute Gasteiger partial charge is 0.247 e. The minimum absolute atomic E-state index is 0.0484. The van der Waals surface area contributed by atoms with Crippen LogP contribution in [-0.4, -0.2) is 91.9 Å². The molecule has 10 heteroatoms. The van der Waals surface area contributed by atoms with E-state index in [9.17, 15) is 19.5 Å². The van der Waals surface area contributed by atoms with Gasteiger partial charge in [-0.25, -0.2) is 0 Å². The average molecular weight is 649 g/mol. The summed E-state index contributed by atoms with van der Waals surface area (Å²) in [5, 5.41) is 10.2. The number of ether oxygens (including phenoxy) is 1. The molecule has 3 amide bonds. The number of alkyl halides is 1. The first-order valence-electron chi connectivity index (χ1n) is 14.4. The number of aliphatic hydroxyl groups is 1. The van der Waals surface area contributed by atoms with Crippen molar-refractivity contribution in [3.05, 3.63) is 49.6 Å². The Morgan fingerprint density at radius 1 is 1.20 bits per heavy atom. The first-order chi connectivity index (χ1) is 19.6. The Kier molecular flexibility index (Phi) is 9.96. The molecule has 4 rings (SSSR count). The van der Waals surface area contributed by atoms with E-state index in [1.807, 2.05) is 52.0 Å². The van der Waals surface area contributed by atoms with Gasteiger partial charge in [0.15, 0.2) is 0 Å². The van der Waals surface area contributed by atoms with Crippen molar-refractivity contribution < 1.29 is 24.2 Å². The van der Waals surface area contributed by atoms with Gasteiger partial charge in [-0.2, -0.15) is 0 Å². The average Bonchev–Trinajstić information content (AvgIpc) is 3.54. The van der Waals surface area contributed by atoms with Crippen LogP contribution in [0.5, 0.6) is 5.75 Å². The molecular formula is C31H42BrN3O5S. The van der Waals surface area contributed by atoms with Gasteiger partial charge in [0.2, 0.25) is 17.7 Å². The number of carbonyl (C=O) groups excluding carboxylic acids is 3. The fourth-order valence-electron chi connectivity index (χ4n) is 6.81. The molecule has 3 fully saturated rings. The fourth-order valence-corrected chi connectivity index (χ4v) is 10.4. The van der Waals surface area contributed by atoms with E-state index in [1.165, 1.54) is 0 Å². The van der Waals surface area contributed by atoms with Crippen molar-refractivity contribution in [3.63, 3.8) is 0 Å². The number of thioether (sulfide) groups is 1. The van der Waals surface area contributed by atoms with Crippen molar-refractivity contribution in [1.29, 1.82) is 0 Å². The maximum Gasteiger partial charge on any atom is 0.247 e. The summed E-state index contributed by atoms with van der Waals surface area (Å²) in [6, 6.07) is 5.94. The Bertz CT molecular complexity index is 1160. The Balaban J connectivity index is 1.79. The molecule has 7 atom stereocenters. The van der Waals surface area contributed by atoms with E-state index in [2.05, 4.69) is 29.1 Å². The molecule has 1 spiro atoms. The van der Waals surface area contributed by atoms with Gasteiger partial charge in [0, 0.05) is 34.9 Å². The van der Waals surface area contributed by atoms with Crippen LogP contribution in [-0.2, 0) is 14.4 Å². The molecule has 1 N–H and O–H groups in total. The van der Waals surface area contributed by atoms with Crippen molar-refractivity contribution in [1.82, 2.24) is 9.80 Å². The highest BCUT2D eigenvalue weighted by molar-refractivity contribution is 9.09. The summed E-state index contributed by atoms with van der Waals surface area (Å²) in [4.78, 5) is 48.3. The van der Waals surface area contributed by atoms with E-state index in [0.29, 0.717) is 37.4 Å². The Hall–Kier alpha value is -2.30. The van der Waals surface area contributed by atoms with Gasteiger partial charge < -0.3 is 24.5 Å². The minimum atomic E-state index is -0.789. The van der Waals surface area contributed by atoms with Gasteiger partial charge in [0.25, 0.3) is 0 Å². The van der Waals surface area contributed by atoms with E-state index in [1.54, 1.807) is 38.6 Å². The molecule has 41 heavy (non-hydrogen) atoms. The number of carbonyl (C=O) groups is 3. The second-order valence-electron chi connectivity index (χ2n) is 11.2. The first kappa shape index (κ1) is 31.6. The molecule has 3 aliphatic heterocycles. The number of benzene rings is 1. The van der Waals surface area contributed by atoms with Crippen LogP contribution in [0.25, 0.3) is 0 Å². The zero-order valence-electron chi connectivity index (χ0n) is 24.4. The van der Waals surface area contributed by atoms with Crippen molar-refractivity contribution in [2.24, 2.45) is 11.8 Å². The second kappa shape index (κ2) is 12.9. The topological polar surface area (TPSA) is 90.4 Å². The number of hydrogen-bond acceptors (Lipinski definition) is 6. The van der Waals surface area contributed by atoms with Crippen molar-refractivity contribution >= 4 is 51.1 Å². The molecule has 1 aromatic rings. The monoisotopic (exact) mass is 647 g/mol.